The lowest BCUT2D eigenvalue weighted by Crippen LogP contribution is -2.54. The quantitative estimate of drug-likeness (QED) is 0.620. The van der Waals surface area contributed by atoms with Crippen LogP contribution in [0.4, 0.5) is 0 Å². The largest absolute Gasteiger partial charge is 0.294 e. The van der Waals surface area contributed by atoms with E-state index in [2.05, 4.69) is 76.2 Å². The van der Waals surface area contributed by atoms with Crippen molar-refractivity contribution in [2.75, 3.05) is 0 Å². The van der Waals surface area contributed by atoms with Gasteiger partial charge in [0.25, 0.3) is 0 Å². The molecule has 1 aliphatic carbocycles. The summed E-state index contributed by atoms with van der Waals surface area (Å²) >= 11 is 0. The van der Waals surface area contributed by atoms with Crippen molar-refractivity contribution in [2.45, 2.75) is 57.3 Å². The van der Waals surface area contributed by atoms with Gasteiger partial charge in [-0.2, -0.15) is 0 Å². The molecule has 1 nitrogen and oxygen atoms in total. The number of ketones is 1. The zero-order valence-electron chi connectivity index (χ0n) is 15.4. The van der Waals surface area contributed by atoms with Gasteiger partial charge in [-0.1, -0.05) is 93.0 Å². The molecule has 2 aromatic rings. The summed E-state index contributed by atoms with van der Waals surface area (Å²) in [6.45, 7) is 9.19. The van der Waals surface area contributed by atoms with E-state index < -0.39 is 8.07 Å². The lowest BCUT2D eigenvalue weighted by molar-refractivity contribution is 0.0987. The molecule has 0 aliphatic heterocycles. The Morgan fingerprint density at radius 2 is 1.58 bits per heavy atom. The number of Topliss-reactive ketones (excluding diaryl/α,β-unsaturated/α-hetero) is 1. The van der Waals surface area contributed by atoms with Gasteiger partial charge in [0.2, 0.25) is 0 Å². The zero-order chi connectivity index (χ0) is 17.4. The van der Waals surface area contributed by atoms with E-state index in [0.717, 1.165) is 5.56 Å². The summed E-state index contributed by atoms with van der Waals surface area (Å²) in [5.41, 5.74) is 4.91. The Morgan fingerprint density at radius 1 is 0.958 bits per heavy atom. The predicted octanol–water partition coefficient (Wildman–Crippen LogP) is 5.92. The van der Waals surface area contributed by atoms with Crippen LogP contribution in [0, 0.1) is 6.92 Å². The van der Waals surface area contributed by atoms with Gasteiger partial charge in [0.15, 0.2) is 5.78 Å². The van der Waals surface area contributed by atoms with Gasteiger partial charge in [-0.05, 0) is 18.1 Å². The minimum atomic E-state index is -1.71. The number of hydrogen-bond donors (Lipinski definition) is 0. The Bertz CT molecular complexity index is 738. The van der Waals surface area contributed by atoms with Crippen molar-refractivity contribution in [1.29, 1.82) is 0 Å². The summed E-state index contributed by atoms with van der Waals surface area (Å²) in [7, 11) is -1.71. The maximum atomic E-state index is 13.0. The lowest BCUT2D eigenvalue weighted by Gasteiger charge is -2.47. The molecule has 24 heavy (non-hydrogen) atoms. The molecule has 2 aromatic carbocycles. The number of carbonyl (C=O) groups is 1. The highest BCUT2D eigenvalue weighted by Crippen LogP contribution is 2.54. The maximum Gasteiger partial charge on any atom is 0.164 e. The molecule has 0 N–H and O–H groups in total. The van der Waals surface area contributed by atoms with Crippen LogP contribution in [0.3, 0.4) is 0 Å². The van der Waals surface area contributed by atoms with Crippen LogP contribution in [0.2, 0.25) is 18.1 Å². The summed E-state index contributed by atoms with van der Waals surface area (Å²) in [5, 5.41) is -0.0645. The van der Waals surface area contributed by atoms with Crippen LogP contribution in [0.25, 0.3) is 0 Å². The van der Waals surface area contributed by atoms with Gasteiger partial charge in [-0.25, -0.2) is 0 Å². The molecule has 0 saturated carbocycles. The van der Waals surface area contributed by atoms with Gasteiger partial charge in [-0.3, -0.25) is 4.79 Å². The smallest absolute Gasteiger partial charge is 0.164 e. The Balaban J connectivity index is 2.39. The average molecular weight is 337 g/mol. The van der Waals surface area contributed by atoms with Gasteiger partial charge in [0, 0.05) is 17.0 Å². The Kier molecular flexibility index (Phi) is 4.52. The Hall–Kier alpha value is -1.67. The summed E-state index contributed by atoms with van der Waals surface area (Å²) < 4.78 is 0. The van der Waals surface area contributed by atoms with E-state index in [0.29, 0.717) is 12.2 Å². The first kappa shape index (κ1) is 17.2. The van der Waals surface area contributed by atoms with Gasteiger partial charge in [0.05, 0.1) is 8.07 Å². The monoisotopic (exact) mass is 336 g/mol. The number of benzene rings is 2. The Morgan fingerprint density at radius 3 is 2.17 bits per heavy atom. The van der Waals surface area contributed by atoms with Crippen molar-refractivity contribution in [1.82, 2.24) is 0 Å². The molecule has 0 radical (unpaired) electrons. The second kappa shape index (κ2) is 6.32. The van der Waals surface area contributed by atoms with Crippen molar-refractivity contribution in [2.24, 2.45) is 0 Å². The fourth-order valence-electron chi connectivity index (χ4n) is 5.10. The molecule has 2 heteroatoms. The molecule has 0 amide bonds. The second-order valence-electron chi connectivity index (χ2n) is 7.26. The minimum Gasteiger partial charge on any atom is -0.294 e. The second-order valence-corrected chi connectivity index (χ2v) is 12.8. The SMILES string of the molecule is CC[Si](CC)(CC)[C@@]1(c2ccccc2)CC(=O)c2ccc(C)cc21. The van der Waals surface area contributed by atoms with E-state index in [4.69, 9.17) is 0 Å². The van der Waals surface area contributed by atoms with Crippen LogP contribution in [0.5, 0.6) is 0 Å². The molecular formula is C22H28OSi. The fraction of sp³-hybridized carbons (Fsp3) is 0.409. The number of rotatable bonds is 5. The van der Waals surface area contributed by atoms with E-state index in [1.807, 2.05) is 0 Å². The summed E-state index contributed by atoms with van der Waals surface area (Å²) in [5.74, 6) is 0.334. The molecule has 0 spiro atoms. The van der Waals surface area contributed by atoms with E-state index in [9.17, 15) is 4.79 Å². The van der Waals surface area contributed by atoms with Crippen molar-refractivity contribution in [3.63, 3.8) is 0 Å². The van der Waals surface area contributed by atoms with Crippen LogP contribution >= 0.6 is 0 Å². The number of carbonyl (C=O) groups excluding carboxylic acids is 1. The predicted molar refractivity (Wildman–Crippen MR) is 105 cm³/mol. The molecule has 1 aliphatic rings. The number of fused-ring (bicyclic) bond motifs is 1. The zero-order valence-corrected chi connectivity index (χ0v) is 16.4. The molecular weight excluding hydrogens is 308 g/mol. The number of aryl methyl sites for hydroxylation is 1. The topological polar surface area (TPSA) is 17.1 Å². The van der Waals surface area contributed by atoms with Crippen LogP contribution in [-0.4, -0.2) is 13.9 Å². The third-order valence-electron chi connectivity index (χ3n) is 6.56. The minimum absolute atomic E-state index is 0.0645. The van der Waals surface area contributed by atoms with Crippen LogP contribution < -0.4 is 0 Å². The molecule has 0 bridgehead atoms. The standard InChI is InChI=1S/C22H28OSi/c1-5-24(6-2,7-3)22(18-11-9-8-10-12-18)16-21(23)19-14-13-17(4)15-20(19)22/h8-15H,5-7,16H2,1-4H3/t22-/m1/s1. The Labute approximate surface area is 147 Å². The van der Waals surface area contributed by atoms with Crippen LogP contribution in [0.1, 0.15) is 54.2 Å². The van der Waals surface area contributed by atoms with Gasteiger partial charge in [0.1, 0.15) is 0 Å². The number of hydrogen-bond acceptors (Lipinski definition) is 1. The first-order valence-electron chi connectivity index (χ1n) is 9.24. The van der Waals surface area contributed by atoms with Crippen molar-refractivity contribution in [3.8, 4) is 0 Å². The van der Waals surface area contributed by atoms with E-state index in [1.165, 1.54) is 34.8 Å². The molecule has 0 heterocycles. The first-order valence-corrected chi connectivity index (χ1v) is 11.9. The summed E-state index contributed by atoms with van der Waals surface area (Å²) in [6.07, 6.45) is 0.664. The molecule has 0 aromatic heterocycles. The van der Waals surface area contributed by atoms with E-state index in [1.54, 1.807) is 0 Å². The maximum absolute atomic E-state index is 13.0. The highest BCUT2D eigenvalue weighted by Gasteiger charge is 2.57. The molecule has 126 valence electrons. The van der Waals surface area contributed by atoms with Crippen LogP contribution in [0.15, 0.2) is 48.5 Å². The van der Waals surface area contributed by atoms with Crippen molar-refractivity contribution < 1.29 is 4.79 Å². The van der Waals surface area contributed by atoms with E-state index >= 15 is 0 Å². The first-order chi connectivity index (χ1) is 11.5. The highest BCUT2D eigenvalue weighted by molar-refractivity contribution is 6.83. The molecule has 1 atom stereocenters. The molecule has 0 saturated heterocycles. The third kappa shape index (κ3) is 2.23. The van der Waals surface area contributed by atoms with Crippen molar-refractivity contribution in [3.05, 3.63) is 70.8 Å². The van der Waals surface area contributed by atoms with E-state index in [-0.39, 0.29) is 5.04 Å². The highest BCUT2D eigenvalue weighted by atomic mass is 28.3. The normalized spacial score (nSPS) is 20.2. The molecule has 0 fully saturated rings. The fourth-order valence-corrected chi connectivity index (χ4v) is 10.5. The average Bonchev–Trinajstić information content (AvgIpc) is 2.91. The van der Waals surface area contributed by atoms with Gasteiger partial charge >= 0.3 is 0 Å². The van der Waals surface area contributed by atoms with Gasteiger partial charge in [-0.15, -0.1) is 0 Å². The summed E-state index contributed by atoms with van der Waals surface area (Å²) in [4.78, 5) is 13.0. The third-order valence-corrected chi connectivity index (χ3v) is 13.2. The lowest BCUT2D eigenvalue weighted by atomic mass is 9.90. The van der Waals surface area contributed by atoms with Gasteiger partial charge < -0.3 is 0 Å². The summed E-state index contributed by atoms with van der Waals surface area (Å²) in [6, 6.07) is 21.0. The van der Waals surface area contributed by atoms with Crippen LogP contribution in [-0.2, 0) is 5.04 Å². The molecule has 3 rings (SSSR count). The molecule has 0 unspecified atom stereocenters. The van der Waals surface area contributed by atoms with Crippen molar-refractivity contribution >= 4 is 13.9 Å².